The molecule has 1 aromatic carbocycles. The first-order valence-electron chi connectivity index (χ1n) is 7.30. The van der Waals surface area contributed by atoms with Crippen LogP contribution in [0.25, 0.3) is 0 Å². The number of halogens is 3. The van der Waals surface area contributed by atoms with E-state index in [1.165, 1.54) is 0 Å². The van der Waals surface area contributed by atoms with Crippen LogP contribution in [0.15, 0.2) is 16.7 Å². The molecule has 2 rings (SSSR count). The van der Waals surface area contributed by atoms with Crippen molar-refractivity contribution in [1.29, 1.82) is 0 Å². The lowest BCUT2D eigenvalue weighted by Crippen LogP contribution is -2.31. The van der Waals surface area contributed by atoms with Crippen LogP contribution in [0.5, 0.6) is 0 Å². The predicted molar refractivity (Wildman–Crippen MR) is 78.6 cm³/mol. The van der Waals surface area contributed by atoms with Crippen LogP contribution in [0.4, 0.5) is 13.2 Å². The molecule has 0 aliphatic carbocycles. The van der Waals surface area contributed by atoms with Crippen molar-refractivity contribution in [2.45, 2.75) is 32.7 Å². The van der Waals surface area contributed by atoms with Crippen molar-refractivity contribution >= 4 is 5.91 Å². The Labute approximate surface area is 136 Å². The minimum Gasteiger partial charge on any atom is -0.394 e. The Morgan fingerprint density at radius 2 is 1.92 bits per heavy atom. The van der Waals surface area contributed by atoms with Gasteiger partial charge in [0.15, 0.2) is 17.5 Å². The van der Waals surface area contributed by atoms with Crippen LogP contribution in [0, 0.1) is 31.3 Å². The average molecular weight is 342 g/mol. The molecular formula is C16H17F3N2O3. The SMILES string of the molecule is Cc1noc(C)c1CCC(=O)NC(CO)c1cc(F)c(F)c(F)c1. The molecule has 1 amide bonds. The van der Waals surface area contributed by atoms with E-state index >= 15 is 0 Å². The number of benzene rings is 1. The summed E-state index contributed by atoms with van der Waals surface area (Å²) in [7, 11) is 0. The minimum atomic E-state index is -1.60. The number of rotatable bonds is 6. The van der Waals surface area contributed by atoms with E-state index < -0.39 is 36.0 Å². The molecule has 1 heterocycles. The molecule has 2 N–H and O–H groups in total. The first kappa shape index (κ1) is 18.0. The lowest BCUT2D eigenvalue weighted by atomic mass is 10.1. The second-order valence-corrected chi connectivity index (χ2v) is 5.40. The standard InChI is InChI=1S/C16H17F3N2O3/c1-8-11(9(2)24-21-8)3-4-15(23)20-14(7-22)10-5-12(17)16(19)13(18)6-10/h5-6,14,22H,3-4,7H2,1-2H3,(H,20,23). The molecule has 0 aliphatic rings. The number of nitrogens with one attached hydrogen (secondary N) is 1. The maximum atomic E-state index is 13.3. The first-order valence-corrected chi connectivity index (χ1v) is 7.30. The van der Waals surface area contributed by atoms with E-state index in [1.54, 1.807) is 13.8 Å². The second kappa shape index (κ2) is 7.48. The zero-order chi connectivity index (χ0) is 17.9. The van der Waals surface area contributed by atoms with E-state index in [9.17, 15) is 23.1 Å². The molecule has 0 bridgehead atoms. The van der Waals surface area contributed by atoms with Crippen molar-refractivity contribution in [2.75, 3.05) is 6.61 Å². The van der Waals surface area contributed by atoms with Gasteiger partial charge in [-0.1, -0.05) is 5.16 Å². The molecule has 1 aromatic heterocycles. The number of amides is 1. The van der Waals surface area contributed by atoms with Gasteiger partial charge in [-0.25, -0.2) is 13.2 Å². The Kier molecular flexibility index (Phi) is 5.61. The number of carbonyl (C=O) groups excluding carboxylic acids is 1. The number of hydrogen-bond acceptors (Lipinski definition) is 4. The van der Waals surface area contributed by atoms with Crippen molar-refractivity contribution in [3.8, 4) is 0 Å². The monoisotopic (exact) mass is 342 g/mol. The molecule has 130 valence electrons. The summed E-state index contributed by atoms with van der Waals surface area (Å²) in [4.78, 5) is 12.0. The summed E-state index contributed by atoms with van der Waals surface area (Å²) in [6.45, 7) is 2.90. The summed E-state index contributed by atoms with van der Waals surface area (Å²) in [6.07, 6.45) is 0.447. The largest absolute Gasteiger partial charge is 0.394 e. The molecule has 24 heavy (non-hydrogen) atoms. The molecule has 0 saturated carbocycles. The molecule has 0 aliphatic heterocycles. The van der Waals surface area contributed by atoms with Gasteiger partial charge in [0.2, 0.25) is 5.91 Å². The molecule has 0 radical (unpaired) electrons. The fourth-order valence-electron chi connectivity index (χ4n) is 2.37. The molecule has 8 heteroatoms. The quantitative estimate of drug-likeness (QED) is 0.791. The van der Waals surface area contributed by atoms with Crippen LogP contribution >= 0.6 is 0 Å². The Morgan fingerprint density at radius 1 is 1.29 bits per heavy atom. The highest BCUT2D eigenvalue weighted by atomic mass is 19.2. The third-order valence-electron chi connectivity index (χ3n) is 3.71. The predicted octanol–water partition coefficient (Wildman–Crippen LogP) is 2.49. The van der Waals surface area contributed by atoms with Crippen molar-refractivity contribution in [3.63, 3.8) is 0 Å². The third-order valence-corrected chi connectivity index (χ3v) is 3.71. The van der Waals surface area contributed by atoms with Gasteiger partial charge in [0, 0.05) is 12.0 Å². The Hall–Kier alpha value is -2.35. The van der Waals surface area contributed by atoms with Crippen molar-refractivity contribution in [3.05, 3.63) is 52.2 Å². The fourth-order valence-corrected chi connectivity index (χ4v) is 2.37. The lowest BCUT2D eigenvalue weighted by molar-refractivity contribution is -0.122. The number of aliphatic hydroxyl groups is 1. The second-order valence-electron chi connectivity index (χ2n) is 5.40. The molecule has 2 aromatic rings. The van der Waals surface area contributed by atoms with E-state index in [4.69, 9.17) is 4.52 Å². The number of aromatic nitrogens is 1. The summed E-state index contributed by atoms with van der Waals surface area (Å²) in [5.41, 5.74) is 1.44. The van der Waals surface area contributed by atoms with E-state index in [1.807, 2.05) is 0 Å². The van der Waals surface area contributed by atoms with Crippen LogP contribution in [-0.4, -0.2) is 22.8 Å². The van der Waals surface area contributed by atoms with Crippen molar-refractivity contribution < 1.29 is 27.6 Å². The lowest BCUT2D eigenvalue weighted by Gasteiger charge is -2.17. The van der Waals surface area contributed by atoms with Crippen molar-refractivity contribution in [2.24, 2.45) is 0 Å². The highest BCUT2D eigenvalue weighted by Crippen LogP contribution is 2.20. The molecular weight excluding hydrogens is 325 g/mol. The summed E-state index contributed by atoms with van der Waals surface area (Å²) in [5.74, 6) is -4.18. The topological polar surface area (TPSA) is 75.4 Å². The first-order chi connectivity index (χ1) is 11.3. The fraction of sp³-hybridized carbons (Fsp3) is 0.375. The van der Waals surface area contributed by atoms with Crippen LogP contribution in [0.2, 0.25) is 0 Å². The van der Waals surface area contributed by atoms with Gasteiger partial charge in [0.25, 0.3) is 0 Å². The van der Waals surface area contributed by atoms with Gasteiger partial charge in [0.05, 0.1) is 18.3 Å². The zero-order valence-corrected chi connectivity index (χ0v) is 13.2. The smallest absolute Gasteiger partial charge is 0.220 e. The molecule has 0 saturated heterocycles. The van der Waals surface area contributed by atoms with Crippen LogP contribution < -0.4 is 5.32 Å². The van der Waals surface area contributed by atoms with Crippen LogP contribution in [0.1, 0.15) is 35.0 Å². The summed E-state index contributed by atoms with van der Waals surface area (Å²) >= 11 is 0. The highest BCUT2D eigenvalue weighted by molar-refractivity contribution is 5.76. The number of aryl methyl sites for hydroxylation is 2. The van der Waals surface area contributed by atoms with Gasteiger partial charge >= 0.3 is 0 Å². The van der Waals surface area contributed by atoms with Gasteiger partial charge in [-0.3, -0.25) is 4.79 Å². The highest BCUT2D eigenvalue weighted by Gasteiger charge is 2.19. The summed E-state index contributed by atoms with van der Waals surface area (Å²) in [6, 6.07) is 0.452. The zero-order valence-electron chi connectivity index (χ0n) is 13.2. The number of carbonyl (C=O) groups is 1. The maximum Gasteiger partial charge on any atom is 0.220 e. The Morgan fingerprint density at radius 3 is 2.42 bits per heavy atom. The molecule has 0 spiro atoms. The van der Waals surface area contributed by atoms with Gasteiger partial charge in [-0.15, -0.1) is 0 Å². The van der Waals surface area contributed by atoms with E-state index in [0.717, 1.165) is 17.7 Å². The van der Waals surface area contributed by atoms with Gasteiger partial charge in [-0.2, -0.15) is 0 Å². The van der Waals surface area contributed by atoms with Crippen LogP contribution in [0.3, 0.4) is 0 Å². The Bertz CT molecular complexity index is 704. The number of hydrogen-bond donors (Lipinski definition) is 2. The maximum absolute atomic E-state index is 13.3. The van der Waals surface area contributed by atoms with Gasteiger partial charge < -0.3 is 14.9 Å². The summed E-state index contributed by atoms with van der Waals surface area (Å²) < 4.78 is 44.5. The molecule has 0 fully saturated rings. The average Bonchev–Trinajstić information content (AvgIpc) is 2.86. The van der Waals surface area contributed by atoms with E-state index in [0.29, 0.717) is 17.9 Å². The molecule has 1 atom stereocenters. The molecule has 1 unspecified atom stereocenters. The van der Waals surface area contributed by atoms with Crippen molar-refractivity contribution in [1.82, 2.24) is 10.5 Å². The summed E-state index contributed by atoms with van der Waals surface area (Å²) in [5, 5.41) is 15.6. The number of nitrogens with zero attached hydrogens (tertiary/aromatic N) is 1. The number of aliphatic hydroxyl groups excluding tert-OH is 1. The normalized spacial score (nSPS) is 12.2. The van der Waals surface area contributed by atoms with E-state index in [2.05, 4.69) is 10.5 Å². The van der Waals surface area contributed by atoms with Crippen LogP contribution in [-0.2, 0) is 11.2 Å². The van der Waals surface area contributed by atoms with Gasteiger partial charge in [-0.05, 0) is 38.0 Å². The minimum absolute atomic E-state index is 0.0559. The van der Waals surface area contributed by atoms with E-state index in [-0.39, 0.29) is 12.0 Å². The molecule has 5 nitrogen and oxygen atoms in total. The Balaban J connectivity index is 2.03. The van der Waals surface area contributed by atoms with Gasteiger partial charge in [0.1, 0.15) is 5.76 Å². The third kappa shape index (κ3) is 3.94.